The minimum atomic E-state index is -0.0644. The number of aryl methyl sites for hydroxylation is 1. The van der Waals surface area contributed by atoms with Gasteiger partial charge in [0.25, 0.3) is 0 Å². The summed E-state index contributed by atoms with van der Waals surface area (Å²) in [5.74, 6) is 2.29. The molecule has 0 bridgehead atoms. The highest BCUT2D eigenvalue weighted by molar-refractivity contribution is 14.0. The number of carbonyl (C=O) groups is 1. The Labute approximate surface area is 171 Å². The molecule has 9 nitrogen and oxygen atoms in total. The molecule has 0 fully saturated rings. The Morgan fingerprint density at radius 1 is 1.38 bits per heavy atom. The van der Waals surface area contributed by atoms with Gasteiger partial charge in [-0.3, -0.25) is 4.79 Å². The number of hydrogen-bond acceptors (Lipinski definition) is 5. The van der Waals surface area contributed by atoms with Crippen LogP contribution in [-0.2, 0) is 29.1 Å². The number of carbonyl (C=O) groups excluding carboxylic acids is 1. The van der Waals surface area contributed by atoms with Crippen molar-refractivity contribution in [3.8, 4) is 0 Å². The number of hydrogen-bond donors (Lipinski definition) is 3. The number of nitrogens with one attached hydrogen (secondary N) is 3. The zero-order valence-corrected chi connectivity index (χ0v) is 18.1. The van der Waals surface area contributed by atoms with E-state index in [0.717, 1.165) is 38.2 Å². The standard InChI is InChI=1S/C16H29N7O2.HI/c1-4-8-18-15(24)9-19-16(17-5-2)20-12-6-7-14-21-13(11-25-3)22-23(14)10-12;/h12H,4-11H2,1-3H3,(H,18,24)(H2,17,19,20);1H. The fourth-order valence-corrected chi connectivity index (χ4v) is 2.65. The van der Waals surface area contributed by atoms with Gasteiger partial charge in [-0.25, -0.2) is 14.7 Å². The second kappa shape index (κ2) is 12.0. The third-order valence-corrected chi connectivity index (χ3v) is 3.81. The first-order chi connectivity index (χ1) is 12.2. The Balaban J connectivity index is 0.00000338. The fraction of sp³-hybridized carbons (Fsp3) is 0.750. The SMILES string of the molecule is CCCNC(=O)CN=C(NCC)NC1CCc2nc(COC)nn2C1.I. The van der Waals surface area contributed by atoms with Gasteiger partial charge in [0.15, 0.2) is 11.8 Å². The van der Waals surface area contributed by atoms with Crippen molar-refractivity contribution in [3.05, 3.63) is 11.6 Å². The van der Waals surface area contributed by atoms with Gasteiger partial charge in [-0.15, -0.1) is 24.0 Å². The molecular weight excluding hydrogens is 449 g/mol. The highest BCUT2D eigenvalue weighted by Crippen LogP contribution is 2.13. The lowest BCUT2D eigenvalue weighted by atomic mass is 10.1. The van der Waals surface area contributed by atoms with E-state index in [0.29, 0.717) is 24.9 Å². The van der Waals surface area contributed by atoms with E-state index in [9.17, 15) is 4.79 Å². The van der Waals surface area contributed by atoms with Crippen LogP contribution in [0.2, 0.25) is 0 Å². The lowest BCUT2D eigenvalue weighted by Gasteiger charge is -2.25. The van der Waals surface area contributed by atoms with Crippen molar-refractivity contribution >= 4 is 35.8 Å². The van der Waals surface area contributed by atoms with Gasteiger partial charge in [-0.05, 0) is 19.8 Å². The summed E-state index contributed by atoms with van der Waals surface area (Å²) in [5, 5.41) is 13.9. The highest BCUT2D eigenvalue weighted by Gasteiger charge is 2.22. The van der Waals surface area contributed by atoms with Crippen LogP contribution < -0.4 is 16.0 Å². The summed E-state index contributed by atoms with van der Waals surface area (Å²) in [5.41, 5.74) is 0. The third kappa shape index (κ3) is 7.06. The van der Waals surface area contributed by atoms with Gasteiger partial charge >= 0.3 is 0 Å². The molecule has 3 N–H and O–H groups in total. The van der Waals surface area contributed by atoms with E-state index in [4.69, 9.17) is 4.74 Å². The van der Waals surface area contributed by atoms with Crippen molar-refractivity contribution in [2.45, 2.75) is 52.3 Å². The molecule has 1 atom stereocenters. The van der Waals surface area contributed by atoms with E-state index in [1.54, 1.807) is 7.11 Å². The number of ether oxygens (including phenoxy) is 1. The molecule has 0 aromatic carbocycles. The summed E-state index contributed by atoms with van der Waals surface area (Å²) in [4.78, 5) is 20.6. The predicted octanol–water partition coefficient (Wildman–Crippen LogP) is 0.439. The molecule has 1 amide bonds. The molecule has 0 saturated heterocycles. The van der Waals surface area contributed by atoms with Crippen LogP contribution in [0.3, 0.4) is 0 Å². The van der Waals surface area contributed by atoms with Crippen molar-refractivity contribution in [2.75, 3.05) is 26.7 Å². The van der Waals surface area contributed by atoms with Crippen LogP contribution in [0.25, 0.3) is 0 Å². The lowest BCUT2D eigenvalue weighted by molar-refractivity contribution is -0.119. The molecular formula is C16H30IN7O2. The molecule has 0 spiro atoms. The summed E-state index contributed by atoms with van der Waals surface area (Å²) in [6.07, 6.45) is 2.71. The Morgan fingerprint density at radius 3 is 2.88 bits per heavy atom. The van der Waals surface area contributed by atoms with Crippen LogP contribution in [-0.4, -0.2) is 59.4 Å². The zero-order chi connectivity index (χ0) is 18.1. The quantitative estimate of drug-likeness (QED) is 0.284. The van der Waals surface area contributed by atoms with Gasteiger partial charge in [-0.2, -0.15) is 5.10 Å². The van der Waals surface area contributed by atoms with Gasteiger partial charge in [0.1, 0.15) is 19.0 Å². The molecule has 1 aliphatic heterocycles. The Bertz CT molecular complexity index is 591. The molecule has 0 saturated carbocycles. The number of guanidine groups is 1. The topological polar surface area (TPSA) is 105 Å². The molecule has 148 valence electrons. The van der Waals surface area contributed by atoms with Crippen LogP contribution >= 0.6 is 24.0 Å². The minimum absolute atomic E-state index is 0. The molecule has 1 aliphatic rings. The van der Waals surface area contributed by atoms with Crippen LogP contribution in [0, 0.1) is 0 Å². The molecule has 10 heteroatoms. The van der Waals surface area contributed by atoms with Crippen LogP contribution in [0.4, 0.5) is 0 Å². The number of amides is 1. The molecule has 1 aromatic heterocycles. The number of rotatable bonds is 8. The highest BCUT2D eigenvalue weighted by atomic mass is 127. The molecule has 1 unspecified atom stereocenters. The van der Waals surface area contributed by atoms with Crippen molar-refractivity contribution < 1.29 is 9.53 Å². The Hall–Kier alpha value is -1.43. The van der Waals surface area contributed by atoms with Crippen molar-refractivity contribution in [3.63, 3.8) is 0 Å². The van der Waals surface area contributed by atoms with E-state index in [-0.39, 0.29) is 42.5 Å². The average molecular weight is 479 g/mol. The maximum absolute atomic E-state index is 11.7. The van der Waals surface area contributed by atoms with Crippen LogP contribution in [0.1, 0.15) is 38.3 Å². The van der Waals surface area contributed by atoms with E-state index >= 15 is 0 Å². The summed E-state index contributed by atoms with van der Waals surface area (Å²) < 4.78 is 7.01. The molecule has 2 heterocycles. The number of nitrogens with zero attached hydrogens (tertiary/aromatic N) is 4. The van der Waals surface area contributed by atoms with Gasteiger partial charge in [-0.1, -0.05) is 6.92 Å². The summed E-state index contributed by atoms with van der Waals surface area (Å²) in [6, 6.07) is 0.195. The second-order valence-corrected chi connectivity index (χ2v) is 5.98. The van der Waals surface area contributed by atoms with Crippen molar-refractivity contribution in [2.24, 2.45) is 4.99 Å². The summed E-state index contributed by atoms with van der Waals surface area (Å²) in [7, 11) is 1.64. The normalized spacial score (nSPS) is 16.4. The maximum atomic E-state index is 11.7. The Morgan fingerprint density at radius 2 is 2.19 bits per heavy atom. The third-order valence-electron chi connectivity index (χ3n) is 3.81. The van der Waals surface area contributed by atoms with Crippen LogP contribution in [0.15, 0.2) is 4.99 Å². The number of halogens is 1. The number of methoxy groups -OCH3 is 1. The largest absolute Gasteiger partial charge is 0.377 e. The maximum Gasteiger partial charge on any atom is 0.241 e. The monoisotopic (exact) mass is 479 g/mol. The lowest BCUT2D eigenvalue weighted by Crippen LogP contribution is -2.47. The molecule has 0 radical (unpaired) electrons. The van der Waals surface area contributed by atoms with Gasteiger partial charge in [0, 0.05) is 32.7 Å². The van der Waals surface area contributed by atoms with Crippen LogP contribution in [0.5, 0.6) is 0 Å². The van der Waals surface area contributed by atoms with Gasteiger partial charge in [0.2, 0.25) is 5.91 Å². The minimum Gasteiger partial charge on any atom is -0.377 e. The van der Waals surface area contributed by atoms with E-state index in [1.807, 2.05) is 18.5 Å². The molecule has 26 heavy (non-hydrogen) atoms. The number of aliphatic imine (C=N–C) groups is 1. The Kier molecular flexibility index (Phi) is 10.5. The average Bonchev–Trinajstić information content (AvgIpc) is 3.00. The molecule has 1 aromatic rings. The molecule has 0 aliphatic carbocycles. The first-order valence-electron chi connectivity index (χ1n) is 8.89. The van der Waals surface area contributed by atoms with E-state index in [1.165, 1.54) is 0 Å². The molecule has 2 rings (SSSR count). The van der Waals surface area contributed by atoms with Gasteiger partial charge < -0.3 is 20.7 Å². The smallest absolute Gasteiger partial charge is 0.241 e. The first-order valence-corrected chi connectivity index (χ1v) is 8.89. The number of aromatic nitrogens is 3. The zero-order valence-electron chi connectivity index (χ0n) is 15.7. The summed E-state index contributed by atoms with van der Waals surface area (Å²) in [6.45, 7) is 6.71. The van der Waals surface area contributed by atoms with Gasteiger partial charge in [0.05, 0.1) is 6.54 Å². The number of fused-ring (bicyclic) bond motifs is 1. The predicted molar refractivity (Wildman–Crippen MR) is 111 cm³/mol. The van der Waals surface area contributed by atoms with E-state index in [2.05, 4.69) is 31.0 Å². The van der Waals surface area contributed by atoms with Crippen molar-refractivity contribution in [1.29, 1.82) is 0 Å². The van der Waals surface area contributed by atoms with Crippen molar-refractivity contribution in [1.82, 2.24) is 30.7 Å². The summed E-state index contributed by atoms with van der Waals surface area (Å²) >= 11 is 0. The first kappa shape index (κ1) is 22.6. The second-order valence-electron chi connectivity index (χ2n) is 5.98. The van der Waals surface area contributed by atoms with E-state index < -0.39 is 0 Å². The fourth-order valence-electron chi connectivity index (χ4n) is 2.65.